The third-order valence-electron chi connectivity index (χ3n) is 7.21. The van der Waals surface area contributed by atoms with Crippen molar-refractivity contribution >= 4 is 27.6 Å². The van der Waals surface area contributed by atoms with Crippen molar-refractivity contribution in [1.29, 1.82) is 0 Å². The summed E-state index contributed by atoms with van der Waals surface area (Å²) in [7, 11) is 2.00. The minimum Gasteiger partial charge on any atom is -0.481 e. The minimum atomic E-state index is 0.155. The summed E-state index contributed by atoms with van der Waals surface area (Å²) in [6.45, 7) is 8.59. The van der Waals surface area contributed by atoms with Gasteiger partial charge in [-0.3, -0.25) is 4.79 Å². The lowest BCUT2D eigenvalue weighted by Gasteiger charge is -2.13. The number of aromatic nitrogens is 3. The van der Waals surface area contributed by atoms with Gasteiger partial charge in [0.05, 0.1) is 16.7 Å². The average molecular weight is 516 g/mol. The summed E-state index contributed by atoms with van der Waals surface area (Å²) in [4.78, 5) is 22.8. The summed E-state index contributed by atoms with van der Waals surface area (Å²) in [5, 5.41) is 2.01. The molecule has 5 rings (SSSR count). The van der Waals surface area contributed by atoms with Gasteiger partial charge in [0.1, 0.15) is 18.1 Å². The molecular weight excluding hydrogens is 482 g/mol. The number of benzene rings is 3. The number of imidazole rings is 1. The predicted octanol–water partition coefficient (Wildman–Crippen LogP) is 7.88. The molecule has 0 aliphatic heterocycles. The Kier molecular flexibility index (Phi) is 7.21. The number of ketones is 1. The van der Waals surface area contributed by atoms with Crippen molar-refractivity contribution in [2.24, 2.45) is 7.05 Å². The number of fused-ring (bicyclic) bond motifs is 2. The van der Waals surface area contributed by atoms with Crippen LogP contribution in [0.4, 0.5) is 0 Å². The van der Waals surface area contributed by atoms with Crippen LogP contribution in [0.25, 0.3) is 44.6 Å². The van der Waals surface area contributed by atoms with Crippen LogP contribution in [0.15, 0.2) is 60.7 Å². The molecule has 0 radical (unpaired) electrons. The third kappa shape index (κ3) is 5.03. The molecule has 0 unspecified atom stereocenters. The minimum absolute atomic E-state index is 0.155. The molecule has 5 aromatic rings. The maximum absolute atomic E-state index is 12.7. The van der Waals surface area contributed by atoms with Gasteiger partial charge < -0.3 is 9.30 Å². The van der Waals surface area contributed by atoms with Crippen molar-refractivity contribution in [3.05, 3.63) is 77.4 Å². The topological polar surface area (TPSA) is 57.0 Å². The summed E-state index contributed by atoms with van der Waals surface area (Å²) in [5.74, 6) is 4.58. The molecule has 3 aromatic carbocycles. The summed E-state index contributed by atoms with van der Waals surface area (Å²) in [6, 6.07) is 20.6. The molecule has 196 valence electrons. The number of ether oxygens (including phenoxy) is 1. The Morgan fingerprint density at radius 2 is 1.82 bits per heavy atom. The van der Waals surface area contributed by atoms with Crippen molar-refractivity contribution in [2.75, 3.05) is 6.61 Å². The first-order valence-electron chi connectivity index (χ1n) is 13.4. The Morgan fingerprint density at radius 1 is 1.05 bits per heavy atom. The molecule has 0 saturated carbocycles. The number of Topliss-reactive ketones (excluding diaryl/α,β-unsaturated/α-hetero) is 1. The maximum Gasteiger partial charge on any atom is 0.163 e. The van der Waals surface area contributed by atoms with Crippen LogP contribution in [0.2, 0.25) is 0 Å². The molecule has 2 aromatic heterocycles. The first-order chi connectivity index (χ1) is 18.8. The highest BCUT2D eigenvalue weighted by molar-refractivity contribution is 6.01. The standard InChI is InChI=1S/C34H33N3O2/c1-7-9-32(38)27-20-29-31(17-22(27)5)37(6)34(36-29)30-18-25-14-15-26(39-16-8-2)19-28(25)33(35-30)24-12-10-23(11-13-24)21(3)4/h2,10-15,17-21H,7,9,16H2,1,3-6H3. The number of aryl methyl sites for hydroxylation is 2. The summed E-state index contributed by atoms with van der Waals surface area (Å²) in [5.41, 5.74) is 7.38. The van der Waals surface area contributed by atoms with Crippen molar-refractivity contribution in [1.82, 2.24) is 14.5 Å². The summed E-state index contributed by atoms with van der Waals surface area (Å²) >= 11 is 0. The number of pyridine rings is 1. The lowest BCUT2D eigenvalue weighted by molar-refractivity contribution is 0.0981. The van der Waals surface area contributed by atoms with Crippen LogP contribution < -0.4 is 4.74 Å². The van der Waals surface area contributed by atoms with Gasteiger partial charge in [-0.1, -0.05) is 57.0 Å². The van der Waals surface area contributed by atoms with Crippen LogP contribution >= 0.6 is 0 Å². The molecule has 0 N–H and O–H groups in total. The second kappa shape index (κ2) is 10.7. The van der Waals surface area contributed by atoms with Gasteiger partial charge >= 0.3 is 0 Å². The van der Waals surface area contributed by atoms with E-state index in [1.165, 1.54) is 5.56 Å². The highest BCUT2D eigenvalue weighted by atomic mass is 16.5. The van der Waals surface area contributed by atoms with Crippen LogP contribution in [-0.4, -0.2) is 26.9 Å². The zero-order chi connectivity index (χ0) is 27.7. The van der Waals surface area contributed by atoms with E-state index in [-0.39, 0.29) is 12.4 Å². The van der Waals surface area contributed by atoms with E-state index in [0.717, 1.165) is 62.1 Å². The second-order valence-electron chi connectivity index (χ2n) is 10.3. The van der Waals surface area contributed by atoms with E-state index in [1.54, 1.807) is 0 Å². The largest absolute Gasteiger partial charge is 0.481 e. The zero-order valence-corrected chi connectivity index (χ0v) is 23.2. The van der Waals surface area contributed by atoms with Crippen LogP contribution in [-0.2, 0) is 7.05 Å². The Balaban J connectivity index is 1.70. The molecule has 0 spiro atoms. The van der Waals surface area contributed by atoms with Crippen molar-refractivity contribution in [3.8, 4) is 40.9 Å². The molecule has 5 heteroatoms. The molecule has 0 atom stereocenters. The van der Waals surface area contributed by atoms with Crippen LogP contribution in [0.3, 0.4) is 0 Å². The smallest absolute Gasteiger partial charge is 0.163 e. The highest BCUT2D eigenvalue weighted by Gasteiger charge is 2.18. The van der Waals surface area contributed by atoms with E-state index < -0.39 is 0 Å². The third-order valence-corrected chi connectivity index (χ3v) is 7.21. The number of rotatable bonds is 8. The van der Waals surface area contributed by atoms with Crippen molar-refractivity contribution in [3.63, 3.8) is 0 Å². The van der Waals surface area contributed by atoms with E-state index in [1.807, 2.05) is 45.2 Å². The van der Waals surface area contributed by atoms with Gasteiger partial charge in [-0.15, -0.1) is 6.42 Å². The molecule has 39 heavy (non-hydrogen) atoms. The Morgan fingerprint density at radius 3 is 2.51 bits per heavy atom. The maximum atomic E-state index is 12.7. The second-order valence-corrected chi connectivity index (χ2v) is 10.3. The normalized spacial score (nSPS) is 11.3. The molecule has 0 amide bonds. The average Bonchev–Trinajstić information content (AvgIpc) is 3.26. The van der Waals surface area contributed by atoms with E-state index in [9.17, 15) is 4.79 Å². The number of carbonyl (C=O) groups excluding carboxylic acids is 1. The quantitative estimate of drug-likeness (QED) is 0.156. The van der Waals surface area contributed by atoms with Gasteiger partial charge in [0.25, 0.3) is 0 Å². The van der Waals surface area contributed by atoms with Gasteiger partial charge in [0.2, 0.25) is 0 Å². The fourth-order valence-corrected chi connectivity index (χ4v) is 5.04. The molecule has 0 aliphatic rings. The molecule has 0 aliphatic carbocycles. The summed E-state index contributed by atoms with van der Waals surface area (Å²) in [6.07, 6.45) is 6.77. The zero-order valence-electron chi connectivity index (χ0n) is 23.2. The lowest BCUT2D eigenvalue weighted by Crippen LogP contribution is -2.01. The van der Waals surface area contributed by atoms with Gasteiger partial charge in [-0.2, -0.15) is 0 Å². The highest BCUT2D eigenvalue weighted by Crippen LogP contribution is 2.35. The van der Waals surface area contributed by atoms with Crippen LogP contribution in [0, 0.1) is 19.3 Å². The van der Waals surface area contributed by atoms with Crippen LogP contribution in [0.5, 0.6) is 5.75 Å². The number of hydrogen-bond acceptors (Lipinski definition) is 4. The van der Waals surface area contributed by atoms with Gasteiger partial charge in [-0.25, -0.2) is 9.97 Å². The number of carbonyl (C=O) groups is 1. The SMILES string of the molecule is C#CCOc1ccc2cc(-c3nc4cc(C(=O)CCC)c(C)cc4n3C)nc(-c3ccc(C(C)C)cc3)c2c1. The van der Waals surface area contributed by atoms with E-state index in [0.29, 0.717) is 18.1 Å². The van der Waals surface area contributed by atoms with Gasteiger partial charge in [0, 0.05) is 30.0 Å². The van der Waals surface area contributed by atoms with Crippen LogP contribution in [0.1, 0.15) is 61.0 Å². The van der Waals surface area contributed by atoms with Crippen molar-refractivity contribution < 1.29 is 9.53 Å². The molecule has 0 bridgehead atoms. The molecule has 5 nitrogen and oxygen atoms in total. The van der Waals surface area contributed by atoms with Crippen molar-refractivity contribution in [2.45, 2.75) is 46.5 Å². The lowest BCUT2D eigenvalue weighted by atomic mass is 9.98. The molecule has 2 heterocycles. The molecule has 0 fully saturated rings. The van der Waals surface area contributed by atoms with Gasteiger partial charge in [-0.05, 0) is 66.1 Å². The number of terminal acetylenes is 1. The van der Waals surface area contributed by atoms with E-state index in [4.69, 9.17) is 21.1 Å². The Hall–Kier alpha value is -4.43. The first kappa shape index (κ1) is 26.2. The van der Waals surface area contributed by atoms with Gasteiger partial charge in [0.15, 0.2) is 11.6 Å². The predicted molar refractivity (Wildman–Crippen MR) is 159 cm³/mol. The number of nitrogens with zero attached hydrogens (tertiary/aromatic N) is 3. The Bertz CT molecular complexity index is 1740. The van der Waals surface area contributed by atoms with E-state index >= 15 is 0 Å². The summed E-state index contributed by atoms with van der Waals surface area (Å²) < 4.78 is 7.79. The molecule has 0 saturated heterocycles. The fourth-order valence-electron chi connectivity index (χ4n) is 5.04. The van der Waals surface area contributed by atoms with E-state index in [2.05, 4.69) is 60.7 Å². The fraction of sp³-hybridized carbons (Fsp3) is 0.265. The number of hydrogen-bond donors (Lipinski definition) is 0. The Labute approximate surface area is 229 Å². The monoisotopic (exact) mass is 515 g/mol. The first-order valence-corrected chi connectivity index (χ1v) is 13.4. The molecular formula is C34H33N3O2.